The van der Waals surface area contributed by atoms with E-state index in [4.69, 9.17) is 4.74 Å². The van der Waals surface area contributed by atoms with Crippen molar-refractivity contribution in [3.63, 3.8) is 0 Å². The Bertz CT molecular complexity index is 731. The van der Waals surface area contributed by atoms with Crippen LogP contribution in [-0.4, -0.2) is 71.3 Å². The van der Waals surface area contributed by atoms with Crippen molar-refractivity contribution < 1.29 is 29.3 Å². The Balaban J connectivity index is 2.03. The number of rotatable bonds is 22. The van der Waals surface area contributed by atoms with E-state index in [0.717, 1.165) is 19.3 Å². The Labute approximate surface area is 243 Å². The normalized spacial score (nSPS) is 15.4. The van der Waals surface area contributed by atoms with Crippen LogP contribution < -0.4 is 5.32 Å². The molecule has 1 saturated heterocycles. The van der Waals surface area contributed by atoms with E-state index >= 15 is 0 Å². The predicted octanol–water partition coefficient (Wildman–Crippen LogP) is 5.44. The van der Waals surface area contributed by atoms with Gasteiger partial charge in [-0.2, -0.15) is 0 Å². The molecule has 0 bridgehead atoms. The van der Waals surface area contributed by atoms with E-state index in [-0.39, 0.29) is 31.6 Å². The van der Waals surface area contributed by atoms with Gasteiger partial charge in [-0.15, -0.1) is 0 Å². The monoisotopic (exact) mass is 566 g/mol. The van der Waals surface area contributed by atoms with Gasteiger partial charge in [-0.25, -0.2) is 0 Å². The molecule has 8 nitrogen and oxygen atoms in total. The van der Waals surface area contributed by atoms with Gasteiger partial charge in [0, 0.05) is 44.3 Å². The van der Waals surface area contributed by atoms with Crippen molar-refractivity contribution in [2.45, 2.75) is 142 Å². The number of esters is 1. The van der Waals surface area contributed by atoms with Crippen molar-refractivity contribution in [3.05, 3.63) is 12.2 Å². The lowest BCUT2D eigenvalue weighted by atomic mass is 9.87. The van der Waals surface area contributed by atoms with Gasteiger partial charge in [0.2, 0.25) is 11.8 Å². The van der Waals surface area contributed by atoms with Crippen LogP contribution in [0.15, 0.2) is 12.2 Å². The topological polar surface area (TPSA) is 116 Å². The molecule has 0 spiro atoms. The summed E-state index contributed by atoms with van der Waals surface area (Å²) in [6.07, 6.45) is 21.1. The molecule has 0 aliphatic carbocycles. The Morgan fingerprint density at radius 1 is 0.900 bits per heavy atom. The second-order valence-electron chi connectivity index (χ2n) is 12.0. The maximum atomic E-state index is 12.5. The first-order valence-corrected chi connectivity index (χ1v) is 15.9. The van der Waals surface area contributed by atoms with Gasteiger partial charge in [0.25, 0.3) is 0 Å². The second kappa shape index (κ2) is 21.8. The van der Waals surface area contributed by atoms with E-state index < -0.39 is 23.4 Å². The largest absolute Gasteiger partial charge is 0.462 e. The Morgan fingerprint density at radius 2 is 1.45 bits per heavy atom. The molecule has 1 fully saturated rings. The van der Waals surface area contributed by atoms with E-state index in [9.17, 15) is 24.6 Å². The molecule has 0 aromatic carbocycles. The fourth-order valence-corrected chi connectivity index (χ4v) is 4.80. The maximum Gasteiger partial charge on any atom is 0.307 e. The van der Waals surface area contributed by atoms with Crippen molar-refractivity contribution in [1.29, 1.82) is 0 Å². The fourth-order valence-electron chi connectivity index (χ4n) is 4.80. The first-order chi connectivity index (χ1) is 19.2. The van der Waals surface area contributed by atoms with Crippen LogP contribution in [0.5, 0.6) is 0 Å². The highest BCUT2D eigenvalue weighted by atomic mass is 16.5. The molecule has 1 rings (SSSR count). The molecule has 1 aliphatic rings. The molecule has 1 aliphatic heterocycles. The molecule has 1 unspecified atom stereocenters. The third kappa shape index (κ3) is 16.4. The molecule has 3 N–H and O–H groups in total. The van der Waals surface area contributed by atoms with Crippen LogP contribution in [0.2, 0.25) is 0 Å². The van der Waals surface area contributed by atoms with Gasteiger partial charge in [-0.05, 0) is 32.1 Å². The number of amides is 2. The molecular formula is C32H58N2O6. The lowest BCUT2D eigenvalue weighted by Gasteiger charge is -2.32. The molecule has 8 heteroatoms. The molecule has 232 valence electrons. The minimum absolute atomic E-state index is 0.00659. The third-order valence-electron chi connectivity index (χ3n) is 7.77. The Hall–Kier alpha value is -1.93. The smallest absolute Gasteiger partial charge is 0.307 e. The molecule has 0 aromatic rings. The van der Waals surface area contributed by atoms with Gasteiger partial charge >= 0.3 is 5.97 Å². The number of nitrogens with one attached hydrogen (secondary N) is 1. The third-order valence-corrected chi connectivity index (χ3v) is 7.77. The summed E-state index contributed by atoms with van der Waals surface area (Å²) < 4.78 is 5.51. The second-order valence-corrected chi connectivity index (χ2v) is 12.0. The van der Waals surface area contributed by atoms with E-state index in [2.05, 4.69) is 24.4 Å². The van der Waals surface area contributed by atoms with Crippen molar-refractivity contribution in [3.8, 4) is 0 Å². The minimum atomic E-state index is -1.36. The minimum Gasteiger partial charge on any atom is -0.462 e. The molecule has 0 aromatic heterocycles. The number of carbonyl (C=O) groups excluding carboxylic acids is 3. The SMILES string of the molecule is CCCCCCCCC=CCCCCCCCC(=O)N1CCC(OC(=O)CCNC(=O)C(O)C(C)(C)CO)CC1. The summed E-state index contributed by atoms with van der Waals surface area (Å²) in [6, 6.07) is 0. The summed E-state index contributed by atoms with van der Waals surface area (Å²) in [4.78, 5) is 38.5. The number of allylic oxidation sites excluding steroid dienone is 2. The molecule has 40 heavy (non-hydrogen) atoms. The number of piperidine rings is 1. The summed E-state index contributed by atoms with van der Waals surface area (Å²) in [5, 5.41) is 21.8. The number of aliphatic hydroxyl groups excluding tert-OH is 2. The number of hydrogen-bond acceptors (Lipinski definition) is 6. The van der Waals surface area contributed by atoms with Gasteiger partial charge in [-0.1, -0.05) is 84.3 Å². The Morgan fingerprint density at radius 3 is 2.02 bits per heavy atom. The number of nitrogens with zero attached hydrogens (tertiary/aromatic N) is 1. The number of hydrogen-bond donors (Lipinski definition) is 3. The summed E-state index contributed by atoms with van der Waals surface area (Å²) in [7, 11) is 0. The van der Waals surface area contributed by atoms with Gasteiger partial charge in [0.05, 0.1) is 13.0 Å². The van der Waals surface area contributed by atoms with Crippen molar-refractivity contribution >= 4 is 17.8 Å². The van der Waals surface area contributed by atoms with Crippen molar-refractivity contribution in [2.75, 3.05) is 26.2 Å². The number of unbranched alkanes of at least 4 members (excludes halogenated alkanes) is 11. The summed E-state index contributed by atoms with van der Waals surface area (Å²) in [5.74, 6) is -0.839. The van der Waals surface area contributed by atoms with Crippen LogP contribution in [0.1, 0.15) is 130 Å². The van der Waals surface area contributed by atoms with Gasteiger partial charge in [0.1, 0.15) is 12.2 Å². The van der Waals surface area contributed by atoms with Crippen LogP contribution in [0.3, 0.4) is 0 Å². The van der Waals surface area contributed by atoms with Crippen molar-refractivity contribution in [1.82, 2.24) is 10.2 Å². The lowest BCUT2D eigenvalue weighted by Crippen LogP contribution is -2.46. The highest BCUT2D eigenvalue weighted by Gasteiger charge is 2.33. The maximum absolute atomic E-state index is 12.5. The first-order valence-electron chi connectivity index (χ1n) is 15.9. The Kier molecular flexibility index (Phi) is 19.6. The van der Waals surface area contributed by atoms with Crippen molar-refractivity contribution in [2.24, 2.45) is 5.41 Å². The van der Waals surface area contributed by atoms with Gasteiger partial charge in [0.15, 0.2) is 0 Å². The van der Waals surface area contributed by atoms with Crippen LogP contribution >= 0.6 is 0 Å². The number of likely N-dealkylation sites (tertiary alicyclic amines) is 1. The van der Waals surface area contributed by atoms with Gasteiger partial charge < -0.3 is 25.2 Å². The number of aliphatic hydroxyl groups is 2. The van der Waals surface area contributed by atoms with Crippen LogP contribution in [-0.2, 0) is 19.1 Å². The molecule has 1 atom stereocenters. The lowest BCUT2D eigenvalue weighted by molar-refractivity contribution is -0.152. The van der Waals surface area contributed by atoms with Crippen LogP contribution in [0, 0.1) is 5.41 Å². The van der Waals surface area contributed by atoms with Crippen LogP contribution in [0.4, 0.5) is 0 Å². The van der Waals surface area contributed by atoms with E-state index in [1.54, 1.807) is 13.8 Å². The van der Waals surface area contributed by atoms with Gasteiger partial charge in [-0.3, -0.25) is 14.4 Å². The molecular weight excluding hydrogens is 508 g/mol. The fraction of sp³-hybridized carbons (Fsp3) is 0.844. The molecule has 1 heterocycles. The zero-order chi connectivity index (χ0) is 29.6. The zero-order valence-corrected chi connectivity index (χ0v) is 25.6. The van der Waals surface area contributed by atoms with Crippen LogP contribution in [0.25, 0.3) is 0 Å². The summed E-state index contributed by atoms with van der Waals surface area (Å²) in [5.41, 5.74) is -0.958. The molecule has 0 radical (unpaired) electrons. The molecule has 0 saturated carbocycles. The highest BCUT2D eigenvalue weighted by Crippen LogP contribution is 2.20. The predicted molar refractivity (Wildman–Crippen MR) is 160 cm³/mol. The molecule has 2 amide bonds. The average molecular weight is 567 g/mol. The number of ether oxygens (including phenoxy) is 1. The number of carbonyl (C=O) groups is 3. The van der Waals surface area contributed by atoms with E-state index in [1.165, 1.54) is 64.2 Å². The van der Waals surface area contributed by atoms with E-state index in [1.807, 2.05) is 4.90 Å². The quantitative estimate of drug-likeness (QED) is 0.0912. The first kappa shape index (κ1) is 36.1. The standard InChI is InChI=1S/C32H58N2O6/c1-4-5-6-7-8-9-10-11-12-13-14-15-16-17-18-19-28(36)34-24-21-27(22-25-34)40-29(37)20-23-33-31(39)30(38)32(2,3)26-35/h11-12,27,30,35,38H,4-10,13-26H2,1-3H3,(H,33,39). The highest BCUT2D eigenvalue weighted by molar-refractivity contribution is 5.82. The summed E-state index contributed by atoms with van der Waals surface area (Å²) in [6.45, 7) is 6.35. The summed E-state index contributed by atoms with van der Waals surface area (Å²) >= 11 is 0. The average Bonchev–Trinajstić information content (AvgIpc) is 2.94. The zero-order valence-electron chi connectivity index (χ0n) is 25.6. The van der Waals surface area contributed by atoms with E-state index in [0.29, 0.717) is 32.4 Å².